The van der Waals surface area contributed by atoms with Gasteiger partial charge in [0.25, 0.3) is 5.91 Å². The molecule has 11 nitrogen and oxygen atoms in total. The van der Waals surface area contributed by atoms with Crippen LogP contribution in [0.2, 0.25) is 5.02 Å². The predicted molar refractivity (Wildman–Crippen MR) is 133 cm³/mol. The van der Waals surface area contributed by atoms with Crippen molar-refractivity contribution in [3.05, 3.63) is 22.7 Å². The minimum absolute atomic E-state index is 0.0568. The molecule has 4 amide bonds. The van der Waals surface area contributed by atoms with Gasteiger partial charge < -0.3 is 35.2 Å². The Morgan fingerprint density at radius 1 is 1.20 bits per heavy atom. The van der Waals surface area contributed by atoms with Crippen molar-refractivity contribution in [3.63, 3.8) is 0 Å². The van der Waals surface area contributed by atoms with Crippen LogP contribution in [0.4, 0.5) is 15.3 Å². The Hall–Kier alpha value is -2.92. The number of urea groups is 1. The number of amides is 4. The Balaban J connectivity index is 1.67. The summed E-state index contributed by atoms with van der Waals surface area (Å²) in [5, 5.41) is 3.23. The molecule has 2 atom stereocenters. The lowest BCUT2D eigenvalue weighted by molar-refractivity contribution is 0.00707. The van der Waals surface area contributed by atoms with Gasteiger partial charge in [-0.15, -0.1) is 0 Å². The minimum atomic E-state index is -0.570. The number of nitrogens with one attached hydrogen (secondary N) is 1. The third-order valence-corrected chi connectivity index (χ3v) is 6.72. The number of hydrogen-bond donors (Lipinski definition) is 2. The van der Waals surface area contributed by atoms with E-state index < -0.39 is 24.1 Å². The number of hydrogen-bond acceptors (Lipinski definition) is 7. The van der Waals surface area contributed by atoms with E-state index in [4.69, 9.17) is 26.8 Å². The second-order valence-corrected chi connectivity index (χ2v) is 9.32. The number of piperidine rings is 1. The number of nitrogens with zero attached hydrogens (tertiary/aromatic N) is 4. The predicted octanol–water partition coefficient (Wildman–Crippen LogP) is 1.56. The summed E-state index contributed by atoms with van der Waals surface area (Å²) in [6.45, 7) is 6.49. The van der Waals surface area contributed by atoms with Gasteiger partial charge in [-0.05, 0) is 19.4 Å². The molecule has 2 saturated heterocycles. The number of halogens is 1. The number of likely N-dealkylation sites (tertiary alicyclic amines) is 1. The first-order chi connectivity index (χ1) is 16.6. The van der Waals surface area contributed by atoms with Crippen LogP contribution >= 0.6 is 11.6 Å². The summed E-state index contributed by atoms with van der Waals surface area (Å²) in [6.07, 6.45) is -0.492. The summed E-state index contributed by atoms with van der Waals surface area (Å²) >= 11 is 6.13. The molecule has 2 aliphatic rings. The molecule has 2 heterocycles. The lowest BCUT2D eigenvalue weighted by Gasteiger charge is -2.39. The summed E-state index contributed by atoms with van der Waals surface area (Å²) < 4.78 is 11.0. The minimum Gasteiger partial charge on any atom is -0.496 e. The average molecular weight is 511 g/mol. The van der Waals surface area contributed by atoms with Crippen LogP contribution in [0, 0.1) is 0 Å². The van der Waals surface area contributed by atoms with Gasteiger partial charge in [-0.2, -0.15) is 0 Å². The van der Waals surface area contributed by atoms with Gasteiger partial charge in [0.15, 0.2) is 0 Å². The number of ether oxygens (including phenoxy) is 2. The number of nitrogen functional groups attached to an aromatic ring is 1. The Bertz CT molecular complexity index is 945. The van der Waals surface area contributed by atoms with Crippen molar-refractivity contribution >= 4 is 35.3 Å². The molecule has 2 unspecified atom stereocenters. The third kappa shape index (κ3) is 6.40. The summed E-state index contributed by atoms with van der Waals surface area (Å²) in [5.74, 6) is -0.0875. The lowest BCUT2D eigenvalue weighted by Crippen LogP contribution is -2.57. The van der Waals surface area contributed by atoms with Crippen LogP contribution in [-0.2, 0) is 4.74 Å². The number of anilines is 1. The van der Waals surface area contributed by atoms with Crippen LogP contribution in [0.15, 0.2) is 12.1 Å². The topological polar surface area (TPSA) is 121 Å². The highest BCUT2D eigenvalue weighted by Crippen LogP contribution is 2.29. The van der Waals surface area contributed by atoms with E-state index in [2.05, 4.69) is 10.2 Å². The molecule has 12 heteroatoms. The number of nitrogens with two attached hydrogens (primary N) is 1. The van der Waals surface area contributed by atoms with Crippen LogP contribution in [-0.4, -0.2) is 117 Å². The first-order valence-corrected chi connectivity index (χ1v) is 12.1. The number of likely N-dealkylation sites (N-methyl/N-ethyl adjacent to an activating group) is 1. The number of benzene rings is 1. The highest BCUT2D eigenvalue weighted by molar-refractivity contribution is 6.33. The Morgan fingerprint density at radius 3 is 2.54 bits per heavy atom. The summed E-state index contributed by atoms with van der Waals surface area (Å²) in [7, 11) is 4.66. The van der Waals surface area contributed by atoms with Crippen molar-refractivity contribution in [2.45, 2.75) is 25.5 Å². The van der Waals surface area contributed by atoms with Crippen LogP contribution < -0.4 is 15.8 Å². The first-order valence-electron chi connectivity index (χ1n) is 11.7. The second kappa shape index (κ2) is 11.7. The third-order valence-electron chi connectivity index (χ3n) is 6.39. The van der Waals surface area contributed by atoms with Crippen molar-refractivity contribution in [2.75, 3.05) is 72.8 Å². The molecule has 194 valence electrons. The van der Waals surface area contributed by atoms with E-state index in [1.807, 2.05) is 16.7 Å². The van der Waals surface area contributed by atoms with Gasteiger partial charge in [0.1, 0.15) is 11.9 Å². The normalized spacial score (nSPS) is 20.7. The van der Waals surface area contributed by atoms with Crippen LogP contribution in [0.1, 0.15) is 23.7 Å². The zero-order valence-electron chi connectivity index (χ0n) is 20.8. The highest BCUT2D eigenvalue weighted by atomic mass is 35.5. The standard InChI is InChI=1S/C23H35ClN6O5/c1-5-29-10-11-30(22(29)32)9-8-28-7-6-18(20(14-28)35-23(33)27(2)3)26-21(31)15-12-16(24)17(25)13-19(15)34-4/h12-13,18,20H,5-11,14,25H2,1-4H3,(H,26,31). The number of methoxy groups -OCH3 is 1. The molecule has 3 rings (SSSR count). The van der Waals surface area contributed by atoms with E-state index in [0.717, 1.165) is 6.54 Å². The van der Waals surface area contributed by atoms with E-state index in [9.17, 15) is 14.4 Å². The van der Waals surface area contributed by atoms with Crippen molar-refractivity contribution in [3.8, 4) is 5.75 Å². The molecular weight excluding hydrogens is 476 g/mol. The molecule has 3 N–H and O–H groups in total. The van der Waals surface area contributed by atoms with Gasteiger partial charge >= 0.3 is 12.1 Å². The monoisotopic (exact) mass is 510 g/mol. The van der Waals surface area contributed by atoms with Crippen molar-refractivity contribution < 1.29 is 23.9 Å². The highest BCUT2D eigenvalue weighted by Gasteiger charge is 2.35. The zero-order chi connectivity index (χ0) is 25.7. The fourth-order valence-corrected chi connectivity index (χ4v) is 4.42. The molecule has 0 bridgehead atoms. The maximum atomic E-state index is 13.1. The number of rotatable bonds is 8. The van der Waals surface area contributed by atoms with Crippen LogP contribution in [0.3, 0.4) is 0 Å². The largest absolute Gasteiger partial charge is 0.496 e. The van der Waals surface area contributed by atoms with Gasteiger partial charge in [0.05, 0.1) is 29.4 Å². The second-order valence-electron chi connectivity index (χ2n) is 8.91. The van der Waals surface area contributed by atoms with Gasteiger partial charge in [0.2, 0.25) is 0 Å². The Kier molecular flexibility index (Phi) is 8.90. The fraction of sp³-hybridized carbons (Fsp3) is 0.609. The van der Waals surface area contributed by atoms with Gasteiger partial charge in [-0.1, -0.05) is 11.6 Å². The Labute approximate surface area is 211 Å². The van der Waals surface area contributed by atoms with E-state index in [1.54, 1.807) is 14.1 Å². The Morgan fingerprint density at radius 2 is 1.91 bits per heavy atom. The van der Waals surface area contributed by atoms with Gasteiger partial charge in [-0.25, -0.2) is 9.59 Å². The SMILES string of the molecule is CCN1CCN(CCN2CCC(NC(=O)c3cc(Cl)c(N)cc3OC)C(OC(=O)N(C)C)C2)C1=O. The molecule has 0 aliphatic carbocycles. The van der Waals surface area contributed by atoms with Crippen molar-refractivity contribution in [1.82, 2.24) is 24.9 Å². The molecule has 1 aromatic carbocycles. The quantitative estimate of drug-likeness (QED) is 0.509. The summed E-state index contributed by atoms with van der Waals surface area (Å²) in [4.78, 5) is 45.0. The van der Waals surface area contributed by atoms with Gasteiger partial charge in [-0.3, -0.25) is 9.69 Å². The smallest absolute Gasteiger partial charge is 0.409 e. The lowest BCUT2D eigenvalue weighted by atomic mass is 10.0. The molecule has 35 heavy (non-hydrogen) atoms. The molecule has 0 saturated carbocycles. The van der Waals surface area contributed by atoms with E-state index >= 15 is 0 Å². The van der Waals surface area contributed by atoms with Crippen molar-refractivity contribution in [1.29, 1.82) is 0 Å². The molecule has 0 spiro atoms. The molecule has 0 radical (unpaired) electrons. The number of carbonyl (C=O) groups is 3. The zero-order valence-corrected chi connectivity index (χ0v) is 21.5. The van der Waals surface area contributed by atoms with E-state index in [-0.39, 0.29) is 16.6 Å². The molecule has 2 aliphatic heterocycles. The molecule has 0 aromatic heterocycles. The summed E-state index contributed by atoms with van der Waals surface area (Å²) in [6, 6.07) is 2.62. The van der Waals surface area contributed by atoms with E-state index in [1.165, 1.54) is 24.1 Å². The van der Waals surface area contributed by atoms with Crippen molar-refractivity contribution in [2.24, 2.45) is 0 Å². The van der Waals surface area contributed by atoms with Gasteiger partial charge in [0, 0.05) is 66.0 Å². The molecule has 2 fully saturated rings. The average Bonchev–Trinajstić information content (AvgIpc) is 3.19. The van der Waals surface area contributed by atoms with Crippen LogP contribution in [0.5, 0.6) is 5.75 Å². The maximum Gasteiger partial charge on any atom is 0.409 e. The molecule has 1 aromatic rings. The summed E-state index contributed by atoms with van der Waals surface area (Å²) in [5.41, 5.74) is 6.39. The van der Waals surface area contributed by atoms with Crippen LogP contribution in [0.25, 0.3) is 0 Å². The molecular formula is C23H35ClN6O5. The maximum absolute atomic E-state index is 13.1. The van der Waals surface area contributed by atoms with E-state index in [0.29, 0.717) is 57.1 Å². The first kappa shape index (κ1) is 26.7. The number of carbonyl (C=O) groups excluding carboxylic acids is 3. The fourth-order valence-electron chi connectivity index (χ4n) is 4.26.